The fourth-order valence-corrected chi connectivity index (χ4v) is 7.92. The van der Waals surface area contributed by atoms with Crippen molar-refractivity contribution in [3.05, 3.63) is 109 Å². The van der Waals surface area contributed by atoms with E-state index < -0.39 is 12.1 Å². The Morgan fingerprint density at radius 1 is 0.353 bits per heavy atom. The average Bonchev–Trinajstić information content (AvgIpc) is 3.34. The second-order valence-corrected chi connectivity index (χ2v) is 18.6. The molecule has 0 aliphatic rings. The van der Waals surface area contributed by atoms with E-state index in [2.05, 4.69) is 111 Å². The van der Waals surface area contributed by atoms with Gasteiger partial charge in [0.1, 0.15) is 6.61 Å². The summed E-state index contributed by atoms with van der Waals surface area (Å²) >= 11 is 0. The summed E-state index contributed by atoms with van der Waals surface area (Å²) < 4.78 is 10.6. The predicted octanol–water partition coefficient (Wildman–Crippen LogP) is 19.3. The molecular weight excluding hydrogens is 837 g/mol. The summed E-state index contributed by atoms with van der Waals surface area (Å²) in [5, 5.41) is 9.60. The summed E-state index contributed by atoms with van der Waals surface area (Å²) in [6, 6.07) is 0. The molecule has 0 radical (unpaired) electrons. The Balaban J connectivity index is 3.44. The van der Waals surface area contributed by atoms with Crippen molar-refractivity contribution in [3.63, 3.8) is 0 Å². The van der Waals surface area contributed by atoms with Crippen LogP contribution in [0.3, 0.4) is 0 Å². The summed E-state index contributed by atoms with van der Waals surface area (Å²) in [4.78, 5) is 24.4. The molecule has 1 unspecified atom stereocenters. The quantitative estimate of drug-likeness (QED) is 0.0374. The zero-order valence-corrected chi connectivity index (χ0v) is 44.3. The summed E-state index contributed by atoms with van der Waals surface area (Å²) in [6.07, 6.45) is 84.0. The second kappa shape index (κ2) is 57.9. The van der Waals surface area contributed by atoms with Crippen molar-refractivity contribution < 1.29 is 24.2 Å². The maximum absolute atomic E-state index is 12.2. The Hall–Kier alpha value is -3.44. The highest BCUT2D eigenvalue weighted by Crippen LogP contribution is 2.17. The first kappa shape index (κ1) is 64.6. The molecule has 0 amide bonds. The number of hydrogen-bond donors (Lipinski definition) is 1. The Bertz CT molecular complexity index is 1340. The van der Waals surface area contributed by atoms with Gasteiger partial charge in [-0.3, -0.25) is 9.59 Å². The standard InChI is InChI=1S/C63H106O5/c1-3-5-7-9-11-13-15-17-19-20-21-22-23-24-25-26-27-28-29-30-31-32-33-34-35-36-37-38-39-40-41-42-44-45-47-49-51-53-55-57-62(65)67-60-61(59-64)68-63(66)58-56-54-52-50-48-46-43-18-16-14-12-10-8-6-4-2/h5-8,11-14,17-19,21-22,43,48,50,54,56,61,64H,3-4,9-10,15-16,20,23-42,44-47,49,51-53,55,57-60H2,1-2H3/b7-5-,8-6-,13-11-,14-12-,19-17-,22-21-,43-18-,50-48-,56-54-. The summed E-state index contributed by atoms with van der Waals surface area (Å²) in [5.74, 6) is -0.735. The highest BCUT2D eigenvalue weighted by molar-refractivity contribution is 5.71. The molecule has 5 nitrogen and oxygen atoms in total. The van der Waals surface area contributed by atoms with Gasteiger partial charge in [-0.2, -0.15) is 0 Å². The molecule has 0 aliphatic carbocycles. The van der Waals surface area contributed by atoms with Gasteiger partial charge >= 0.3 is 11.9 Å². The molecular formula is C63H106O5. The molecule has 0 saturated carbocycles. The molecule has 0 saturated heterocycles. The van der Waals surface area contributed by atoms with Crippen LogP contribution in [-0.2, 0) is 19.1 Å². The van der Waals surface area contributed by atoms with Crippen LogP contribution >= 0.6 is 0 Å². The molecule has 68 heavy (non-hydrogen) atoms. The van der Waals surface area contributed by atoms with Crippen molar-refractivity contribution in [3.8, 4) is 0 Å². The summed E-state index contributed by atoms with van der Waals surface area (Å²) in [6.45, 7) is 3.84. The Kier molecular flexibility index (Phi) is 54.9. The minimum atomic E-state index is -0.830. The number of allylic oxidation sites excluding steroid dienone is 17. The highest BCUT2D eigenvalue weighted by atomic mass is 16.6. The Morgan fingerprint density at radius 2 is 0.632 bits per heavy atom. The minimum absolute atomic E-state index is 0.108. The number of unbranched alkanes of at least 4 members (excludes halogenated alkanes) is 26. The minimum Gasteiger partial charge on any atom is -0.462 e. The van der Waals surface area contributed by atoms with Gasteiger partial charge < -0.3 is 14.6 Å². The van der Waals surface area contributed by atoms with Gasteiger partial charge in [-0.1, -0.05) is 277 Å². The van der Waals surface area contributed by atoms with Crippen molar-refractivity contribution in [2.24, 2.45) is 0 Å². The molecule has 0 aliphatic heterocycles. The lowest BCUT2D eigenvalue weighted by Crippen LogP contribution is -2.28. The van der Waals surface area contributed by atoms with Gasteiger partial charge in [-0.15, -0.1) is 0 Å². The van der Waals surface area contributed by atoms with Crippen molar-refractivity contribution in [2.45, 2.75) is 264 Å². The maximum atomic E-state index is 12.2. The fourth-order valence-electron chi connectivity index (χ4n) is 7.92. The lowest BCUT2D eigenvalue weighted by molar-refractivity contribution is -0.160. The average molecular weight is 944 g/mol. The van der Waals surface area contributed by atoms with Crippen molar-refractivity contribution in [2.75, 3.05) is 13.2 Å². The fraction of sp³-hybridized carbons (Fsp3) is 0.683. The van der Waals surface area contributed by atoms with Crippen molar-refractivity contribution >= 4 is 11.9 Å². The molecule has 0 spiro atoms. The third-order valence-electron chi connectivity index (χ3n) is 12.1. The van der Waals surface area contributed by atoms with Crippen molar-refractivity contribution in [1.29, 1.82) is 0 Å². The number of esters is 2. The number of hydrogen-bond acceptors (Lipinski definition) is 5. The third kappa shape index (κ3) is 55.2. The molecule has 388 valence electrons. The van der Waals surface area contributed by atoms with E-state index in [1.54, 1.807) is 6.08 Å². The van der Waals surface area contributed by atoms with Gasteiger partial charge in [0.05, 0.1) is 13.0 Å². The number of aliphatic hydroxyl groups is 1. The Morgan fingerprint density at radius 3 is 0.956 bits per heavy atom. The summed E-state index contributed by atoms with van der Waals surface area (Å²) in [5.41, 5.74) is 0. The normalized spacial score (nSPS) is 13.0. The molecule has 0 aromatic heterocycles. The molecule has 0 heterocycles. The van der Waals surface area contributed by atoms with Crippen LogP contribution < -0.4 is 0 Å². The largest absolute Gasteiger partial charge is 0.462 e. The lowest BCUT2D eigenvalue weighted by Gasteiger charge is -2.15. The zero-order chi connectivity index (χ0) is 49.2. The van der Waals surface area contributed by atoms with Crippen LogP contribution in [0.4, 0.5) is 0 Å². The summed E-state index contributed by atoms with van der Waals surface area (Å²) in [7, 11) is 0. The van der Waals surface area contributed by atoms with E-state index in [9.17, 15) is 14.7 Å². The van der Waals surface area contributed by atoms with E-state index >= 15 is 0 Å². The van der Waals surface area contributed by atoms with Crippen LogP contribution in [0.1, 0.15) is 258 Å². The van der Waals surface area contributed by atoms with E-state index in [1.165, 1.54) is 154 Å². The molecule has 5 heteroatoms. The monoisotopic (exact) mass is 943 g/mol. The van der Waals surface area contributed by atoms with Crippen LogP contribution in [0.2, 0.25) is 0 Å². The van der Waals surface area contributed by atoms with Gasteiger partial charge in [0, 0.05) is 6.42 Å². The molecule has 0 rings (SSSR count). The van der Waals surface area contributed by atoms with E-state index in [0.717, 1.165) is 77.0 Å². The number of ether oxygens (including phenoxy) is 2. The van der Waals surface area contributed by atoms with Crippen LogP contribution in [0.5, 0.6) is 0 Å². The predicted molar refractivity (Wildman–Crippen MR) is 297 cm³/mol. The maximum Gasteiger partial charge on any atom is 0.310 e. The lowest BCUT2D eigenvalue weighted by atomic mass is 10.0. The molecule has 0 aromatic carbocycles. The van der Waals surface area contributed by atoms with Gasteiger partial charge in [0.25, 0.3) is 0 Å². The molecule has 0 aromatic rings. The second-order valence-electron chi connectivity index (χ2n) is 18.6. The van der Waals surface area contributed by atoms with Crippen LogP contribution in [0.25, 0.3) is 0 Å². The highest BCUT2D eigenvalue weighted by Gasteiger charge is 2.15. The van der Waals surface area contributed by atoms with E-state index in [1.807, 2.05) is 6.08 Å². The van der Waals surface area contributed by atoms with Crippen LogP contribution in [-0.4, -0.2) is 36.4 Å². The molecule has 1 atom stereocenters. The number of carbonyl (C=O) groups excluding carboxylic acids is 2. The van der Waals surface area contributed by atoms with Gasteiger partial charge in [0.15, 0.2) is 6.10 Å². The number of aliphatic hydroxyl groups excluding tert-OH is 1. The first-order chi connectivity index (χ1) is 33.6. The van der Waals surface area contributed by atoms with Crippen LogP contribution in [0.15, 0.2) is 109 Å². The first-order valence-corrected chi connectivity index (χ1v) is 28.4. The van der Waals surface area contributed by atoms with E-state index in [-0.39, 0.29) is 25.6 Å². The third-order valence-corrected chi connectivity index (χ3v) is 12.1. The number of rotatable bonds is 51. The SMILES string of the molecule is CC/C=C\C/C=C\C/C=C\C/C=C\C/C=C\CC(=O)OC(CO)COC(=O)CCCCCCCCCCCCCCCCCCCCCCCCCCCC/C=C\C/C=C\C/C=C\C/C=C\CC. The van der Waals surface area contributed by atoms with E-state index in [4.69, 9.17) is 9.47 Å². The first-order valence-electron chi connectivity index (χ1n) is 28.4. The van der Waals surface area contributed by atoms with Gasteiger partial charge in [-0.25, -0.2) is 0 Å². The topological polar surface area (TPSA) is 72.8 Å². The Labute approximate surface area is 421 Å². The van der Waals surface area contributed by atoms with Crippen molar-refractivity contribution in [1.82, 2.24) is 0 Å². The number of carbonyl (C=O) groups is 2. The molecule has 0 fully saturated rings. The van der Waals surface area contributed by atoms with E-state index in [0.29, 0.717) is 6.42 Å². The zero-order valence-electron chi connectivity index (χ0n) is 44.3. The molecule has 1 N–H and O–H groups in total. The smallest absolute Gasteiger partial charge is 0.310 e. The van der Waals surface area contributed by atoms with Gasteiger partial charge in [0.2, 0.25) is 0 Å². The molecule has 0 bridgehead atoms. The van der Waals surface area contributed by atoms with Gasteiger partial charge in [-0.05, 0) is 77.0 Å². The van der Waals surface area contributed by atoms with Crippen LogP contribution in [0, 0.1) is 0 Å².